The van der Waals surface area contributed by atoms with E-state index in [4.69, 9.17) is 0 Å². The Balaban J connectivity index is 1.96. The average molecular weight is 264 g/mol. The highest BCUT2D eigenvalue weighted by Crippen LogP contribution is 2.16. The van der Waals surface area contributed by atoms with Crippen LogP contribution in [0.3, 0.4) is 0 Å². The molecule has 0 spiro atoms. The third-order valence-electron chi connectivity index (χ3n) is 3.91. The van der Waals surface area contributed by atoms with Crippen LogP contribution in [0.15, 0.2) is 6.20 Å². The Hall–Kier alpha value is -1.03. The molecule has 1 unspecified atom stereocenters. The molecule has 108 valence electrons. The summed E-state index contributed by atoms with van der Waals surface area (Å²) in [6.07, 6.45) is 7.41. The Bertz CT molecular complexity index is 379. The number of hydrogen-bond donors (Lipinski definition) is 1. The summed E-state index contributed by atoms with van der Waals surface area (Å²) in [5, 5.41) is 3.43. The van der Waals surface area contributed by atoms with Crippen LogP contribution in [0.2, 0.25) is 0 Å². The maximum Gasteiger partial charge on any atom is 0.203 e. The first-order valence-electron chi connectivity index (χ1n) is 7.72. The van der Waals surface area contributed by atoms with Gasteiger partial charge >= 0.3 is 0 Å². The lowest BCUT2D eigenvalue weighted by molar-refractivity contribution is 0.160. The first kappa shape index (κ1) is 14.4. The molecule has 0 aliphatic carbocycles. The van der Waals surface area contributed by atoms with Crippen molar-refractivity contribution in [2.45, 2.75) is 59.0 Å². The minimum Gasteiger partial charge on any atom is -0.356 e. The highest BCUT2D eigenvalue weighted by atomic mass is 15.2. The number of nitrogens with zero attached hydrogens (tertiary/aromatic N) is 3. The van der Waals surface area contributed by atoms with Gasteiger partial charge in [0.1, 0.15) is 0 Å². The monoisotopic (exact) mass is 264 g/mol. The number of rotatable bonds is 6. The van der Waals surface area contributed by atoms with Crippen LogP contribution in [-0.4, -0.2) is 40.1 Å². The molecule has 19 heavy (non-hydrogen) atoms. The highest BCUT2D eigenvalue weighted by Gasteiger charge is 2.18. The van der Waals surface area contributed by atoms with Crippen molar-refractivity contribution >= 4 is 5.95 Å². The normalized spacial score (nSPS) is 18.5. The average Bonchev–Trinajstić information content (AvgIpc) is 2.77. The number of aromatic nitrogens is 2. The summed E-state index contributed by atoms with van der Waals surface area (Å²) in [5.74, 6) is 1.03. The zero-order valence-electron chi connectivity index (χ0n) is 12.7. The van der Waals surface area contributed by atoms with Gasteiger partial charge in [0.2, 0.25) is 5.95 Å². The van der Waals surface area contributed by atoms with Crippen LogP contribution in [0.25, 0.3) is 0 Å². The molecular formula is C15H28N4. The number of nitrogens with one attached hydrogen (secondary N) is 1. The van der Waals surface area contributed by atoms with Crippen LogP contribution in [0, 0.1) is 6.92 Å². The molecule has 1 N–H and O–H groups in total. The predicted molar refractivity (Wildman–Crippen MR) is 80.6 cm³/mol. The maximum atomic E-state index is 4.58. The summed E-state index contributed by atoms with van der Waals surface area (Å²) in [6.45, 7) is 11.1. The van der Waals surface area contributed by atoms with Crippen molar-refractivity contribution in [2.75, 3.05) is 25.0 Å². The molecular weight excluding hydrogens is 236 g/mol. The Labute approximate surface area is 117 Å². The van der Waals surface area contributed by atoms with Crippen LogP contribution in [0.1, 0.15) is 45.2 Å². The molecule has 2 rings (SSSR count). The van der Waals surface area contributed by atoms with E-state index in [9.17, 15) is 0 Å². The van der Waals surface area contributed by atoms with E-state index in [0.717, 1.165) is 31.2 Å². The third-order valence-corrected chi connectivity index (χ3v) is 3.91. The van der Waals surface area contributed by atoms with Gasteiger partial charge in [-0.15, -0.1) is 0 Å². The molecule has 0 aromatic carbocycles. The van der Waals surface area contributed by atoms with Gasteiger partial charge in [0.05, 0.1) is 5.69 Å². The van der Waals surface area contributed by atoms with Gasteiger partial charge in [0.25, 0.3) is 0 Å². The summed E-state index contributed by atoms with van der Waals surface area (Å²) < 4.78 is 2.28. The fourth-order valence-corrected chi connectivity index (χ4v) is 2.82. The Morgan fingerprint density at radius 3 is 2.74 bits per heavy atom. The van der Waals surface area contributed by atoms with E-state index in [-0.39, 0.29) is 0 Å². The Kier molecular flexibility index (Phi) is 5.25. The molecule has 4 heteroatoms. The van der Waals surface area contributed by atoms with Crippen LogP contribution in [0.4, 0.5) is 5.95 Å². The van der Waals surface area contributed by atoms with Crippen LogP contribution >= 0.6 is 0 Å². The van der Waals surface area contributed by atoms with Crippen molar-refractivity contribution in [1.29, 1.82) is 0 Å². The molecule has 1 saturated heterocycles. The van der Waals surface area contributed by atoms with Gasteiger partial charge in [-0.05, 0) is 46.2 Å². The van der Waals surface area contributed by atoms with Crippen LogP contribution in [0.5, 0.6) is 0 Å². The topological polar surface area (TPSA) is 33.1 Å². The summed E-state index contributed by atoms with van der Waals surface area (Å²) in [6, 6.07) is 0.594. The molecule has 0 bridgehead atoms. The molecule has 1 aliphatic heterocycles. The van der Waals surface area contributed by atoms with Gasteiger partial charge in [-0.3, -0.25) is 4.90 Å². The smallest absolute Gasteiger partial charge is 0.203 e. The molecule has 0 amide bonds. The molecule has 1 aliphatic rings. The van der Waals surface area contributed by atoms with E-state index in [1.165, 1.54) is 32.4 Å². The number of likely N-dealkylation sites (tertiary alicyclic amines) is 1. The summed E-state index contributed by atoms with van der Waals surface area (Å²) in [5.41, 5.74) is 1.10. The van der Waals surface area contributed by atoms with Gasteiger partial charge in [-0.25, -0.2) is 4.98 Å². The molecule has 4 nitrogen and oxygen atoms in total. The van der Waals surface area contributed by atoms with E-state index >= 15 is 0 Å². The quantitative estimate of drug-likeness (QED) is 0.857. The van der Waals surface area contributed by atoms with Crippen molar-refractivity contribution in [3.05, 3.63) is 11.9 Å². The first-order chi connectivity index (χ1) is 9.20. The lowest BCUT2D eigenvalue weighted by Gasteiger charge is -2.32. The van der Waals surface area contributed by atoms with Crippen molar-refractivity contribution in [3.63, 3.8) is 0 Å². The lowest BCUT2D eigenvalue weighted by atomic mass is 10.1. The summed E-state index contributed by atoms with van der Waals surface area (Å²) in [4.78, 5) is 7.19. The fraction of sp³-hybridized carbons (Fsp3) is 0.800. The van der Waals surface area contributed by atoms with Crippen molar-refractivity contribution in [3.8, 4) is 0 Å². The molecule has 1 aromatic rings. The Morgan fingerprint density at radius 2 is 2.05 bits per heavy atom. The second kappa shape index (κ2) is 6.94. The van der Waals surface area contributed by atoms with Gasteiger partial charge in [-0.1, -0.05) is 13.3 Å². The second-order valence-electron chi connectivity index (χ2n) is 5.73. The van der Waals surface area contributed by atoms with E-state index in [0.29, 0.717) is 6.04 Å². The lowest BCUT2D eigenvalue weighted by Crippen LogP contribution is -2.39. The SMILES string of the molecule is CCCNc1nc(C)cn1CC(C)N1CCCCC1. The third kappa shape index (κ3) is 3.96. The molecule has 1 aromatic heterocycles. The summed E-state index contributed by atoms with van der Waals surface area (Å²) in [7, 11) is 0. The predicted octanol–water partition coefficient (Wildman–Crippen LogP) is 2.89. The van der Waals surface area contributed by atoms with Gasteiger partial charge in [0.15, 0.2) is 0 Å². The number of piperidine rings is 1. The van der Waals surface area contributed by atoms with Gasteiger partial charge < -0.3 is 9.88 Å². The molecule has 0 radical (unpaired) electrons. The van der Waals surface area contributed by atoms with Gasteiger partial charge in [0, 0.05) is 25.3 Å². The van der Waals surface area contributed by atoms with Gasteiger partial charge in [-0.2, -0.15) is 0 Å². The minimum atomic E-state index is 0.594. The molecule has 1 atom stereocenters. The summed E-state index contributed by atoms with van der Waals surface area (Å²) >= 11 is 0. The second-order valence-corrected chi connectivity index (χ2v) is 5.73. The van der Waals surface area contributed by atoms with Crippen molar-refractivity contribution in [2.24, 2.45) is 0 Å². The van der Waals surface area contributed by atoms with E-state index < -0.39 is 0 Å². The number of hydrogen-bond acceptors (Lipinski definition) is 3. The largest absolute Gasteiger partial charge is 0.356 e. The van der Waals surface area contributed by atoms with E-state index in [1.54, 1.807) is 0 Å². The van der Waals surface area contributed by atoms with Crippen molar-refractivity contribution in [1.82, 2.24) is 14.5 Å². The van der Waals surface area contributed by atoms with Crippen LogP contribution < -0.4 is 5.32 Å². The maximum absolute atomic E-state index is 4.58. The zero-order valence-corrected chi connectivity index (χ0v) is 12.7. The highest BCUT2D eigenvalue weighted by molar-refractivity contribution is 5.28. The van der Waals surface area contributed by atoms with E-state index in [1.807, 2.05) is 0 Å². The number of imidazole rings is 1. The fourth-order valence-electron chi connectivity index (χ4n) is 2.82. The molecule has 2 heterocycles. The number of anilines is 1. The zero-order chi connectivity index (χ0) is 13.7. The molecule has 0 saturated carbocycles. The van der Waals surface area contributed by atoms with Crippen molar-refractivity contribution < 1.29 is 0 Å². The van der Waals surface area contributed by atoms with Crippen LogP contribution in [-0.2, 0) is 6.54 Å². The first-order valence-corrected chi connectivity index (χ1v) is 7.72. The Morgan fingerprint density at radius 1 is 1.32 bits per heavy atom. The standard InChI is InChI=1S/C15H28N4/c1-4-8-16-15-17-13(2)11-19(15)12-14(3)18-9-6-5-7-10-18/h11,14H,4-10,12H2,1-3H3,(H,16,17). The minimum absolute atomic E-state index is 0.594. The number of aryl methyl sites for hydroxylation is 1. The molecule has 1 fully saturated rings. The van der Waals surface area contributed by atoms with E-state index in [2.05, 4.69) is 46.7 Å².